The maximum Gasteiger partial charge on any atom is 0.223 e. The highest BCUT2D eigenvalue weighted by molar-refractivity contribution is 7.99. The molecule has 1 aliphatic heterocycles. The fourth-order valence-electron chi connectivity index (χ4n) is 2.74. The zero-order valence-corrected chi connectivity index (χ0v) is 11.7. The second-order valence-electron chi connectivity index (χ2n) is 5.38. The molecule has 98 valence electrons. The van der Waals surface area contributed by atoms with Gasteiger partial charge in [-0.1, -0.05) is 19.8 Å². The Morgan fingerprint density at radius 1 is 1.35 bits per heavy atom. The number of carbonyl (C=O) groups is 1. The summed E-state index contributed by atoms with van der Waals surface area (Å²) >= 11 is 1.91. The molecule has 3 unspecified atom stereocenters. The van der Waals surface area contributed by atoms with Gasteiger partial charge in [-0.05, 0) is 38.1 Å². The molecule has 3 atom stereocenters. The minimum atomic E-state index is 0.167. The lowest BCUT2D eigenvalue weighted by molar-refractivity contribution is -0.127. The quantitative estimate of drug-likeness (QED) is 0.803. The summed E-state index contributed by atoms with van der Waals surface area (Å²) in [5, 5.41) is 7.14. The molecule has 1 saturated heterocycles. The first kappa shape index (κ1) is 13.2. The SMILES string of the molecule is CSC1CCCCC1NC(=O)C(C)C1CNC1. The van der Waals surface area contributed by atoms with Crippen LogP contribution in [0.3, 0.4) is 0 Å². The van der Waals surface area contributed by atoms with E-state index in [0.717, 1.165) is 19.5 Å². The minimum absolute atomic E-state index is 0.167. The molecule has 0 aromatic heterocycles. The second kappa shape index (κ2) is 6.10. The molecule has 2 aliphatic rings. The van der Waals surface area contributed by atoms with Gasteiger partial charge < -0.3 is 10.6 Å². The van der Waals surface area contributed by atoms with Crippen molar-refractivity contribution in [2.75, 3.05) is 19.3 Å². The van der Waals surface area contributed by atoms with Gasteiger partial charge in [-0.3, -0.25) is 4.79 Å². The van der Waals surface area contributed by atoms with E-state index in [4.69, 9.17) is 0 Å². The van der Waals surface area contributed by atoms with E-state index in [0.29, 0.717) is 17.2 Å². The molecule has 2 rings (SSSR count). The molecule has 0 bridgehead atoms. The number of amides is 1. The van der Waals surface area contributed by atoms with Crippen molar-refractivity contribution in [3.8, 4) is 0 Å². The van der Waals surface area contributed by atoms with Gasteiger partial charge >= 0.3 is 0 Å². The summed E-state index contributed by atoms with van der Waals surface area (Å²) in [6.45, 7) is 4.08. The molecule has 1 aliphatic carbocycles. The van der Waals surface area contributed by atoms with Crippen LogP contribution < -0.4 is 10.6 Å². The van der Waals surface area contributed by atoms with Crippen LogP contribution in [-0.4, -0.2) is 36.5 Å². The van der Waals surface area contributed by atoms with Crippen molar-refractivity contribution >= 4 is 17.7 Å². The van der Waals surface area contributed by atoms with Crippen LogP contribution in [0.15, 0.2) is 0 Å². The van der Waals surface area contributed by atoms with Gasteiger partial charge in [0.15, 0.2) is 0 Å². The lowest BCUT2D eigenvalue weighted by Gasteiger charge is -2.35. The molecule has 1 saturated carbocycles. The average Bonchev–Trinajstić information content (AvgIpc) is 2.27. The van der Waals surface area contributed by atoms with E-state index in [1.165, 1.54) is 19.3 Å². The van der Waals surface area contributed by atoms with E-state index in [2.05, 4.69) is 23.8 Å². The Balaban J connectivity index is 1.83. The Bertz CT molecular complexity index is 268. The predicted octanol–water partition coefficient (Wildman–Crippen LogP) is 1.63. The van der Waals surface area contributed by atoms with Crippen molar-refractivity contribution in [1.82, 2.24) is 10.6 Å². The molecule has 3 nitrogen and oxygen atoms in total. The first-order valence-electron chi connectivity index (χ1n) is 6.76. The number of thioether (sulfide) groups is 1. The van der Waals surface area contributed by atoms with Crippen LogP contribution in [0.4, 0.5) is 0 Å². The number of rotatable bonds is 4. The third-order valence-electron chi connectivity index (χ3n) is 4.27. The molecule has 2 fully saturated rings. The van der Waals surface area contributed by atoms with Crippen LogP contribution in [0.1, 0.15) is 32.6 Å². The van der Waals surface area contributed by atoms with Crippen molar-refractivity contribution in [1.29, 1.82) is 0 Å². The molecular formula is C13H24N2OS. The normalized spacial score (nSPS) is 31.6. The second-order valence-corrected chi connectivity index (χ2v) is 6.46. The summed E-state index contributed by atoms with van der Waals surface area (Å²) in [5.74, 6) is 0.981. The average molecular weight is 256 g/mol. The fraction of sp³-hybridized carbons (Fsp3) is 0.923. The lowest BCUT2D eigenvalue weighted by atomic mass is 9.87. The summed E-state index contributed by atoms with van der Waals surface area (Å²) < 4.78 is 0. The van der Waals surface area contributed by atoms with E-state index in [-0.39, 0.29) is 11.8 Å². The summed E-state index contributed by atoms with van der Waals surface area (Å²) in [7, 11) is 0. The Hall–Kier alpha value is -0.220. The number of nitrogens with one attached hydrogen (secondary N) is 2. The van der Waals surface area contributed by atoms with Crippen LogP contribution >= 0.6 is 11.8 Å². The third kappa shape index (κ3) is 3.16. The number of hydrogen-bond donors (Lipinski definition) is 2. The van der Waals surface area contributed by atoms with Gasteiger partial charge in [-0.25, -0.2) is 0 Å². The molecule has 0 radical (unpaired) electrons. The molecule has 2 N–H and O–H groups in total. The summed E-state index contributed by atoms with van der Waals surface area (Å²) in [6.07, 6.45) is 7.16. The highest BCUT2D eigenvalue weighted by Crippen LogP contribution is 2.27. The lowest BCUT2D eigenvalue weighted by Crippen LogP contribution is -2.52. The standard InChI is InChI=1S/C13H24N2OS/c1-9(10-7-14-8-10)13(16)15-11-5-3-4-6-12(11)17-2/h9-12,14H,3-8H2,1-2H3,(H,15,16). The highest BCUT2D eigenvalue weighted by atomic mass is 32.2. The van der Waals surface area contributed by atoms with E-state index in [9.17, 15) is 4.79 Å². The Morgan fingerprint density at radius 3 is 2.65 bits per heavy atom. The Labute approximate surface area is 108 Å². The summed E-state index contributed by atoms with van der Waals surface area (Å²) in [5.41, 5.74) is 0. The van der Waals surface area contributed by atoms with E-state index < -0.39 is 0 Å². The molecular weight excluding hydrogens is 232 g/mol. The Morgan fingerprint density at radius 2 is 2.06 bits per heavy atom. The van der Waals surface area contributed by atoms with Gasteiger partial charge in [0.25, 0.3) is 0 Å². The molecule has 4 heteroatoms. The monoisotopic (exact) mass is 256 g/mol. The molecule has 0 aromatic rings. The van der Waals surface area contributed by atoms with E-state index in [1.54, 1.807) is 0 Å². The van der Waals surface area contributed by atoms with Crippen molar-refractivity contribution in [2.45, 2.75) is 43.9 Å². The van der Waals surface area contributed by atoms with Gasteiger partial charge in [0.2, 0.25) is 5.91 Å². The van der Waals surface area contributed by atoms with Gasteiger partial charge in [-0.2, -0.15) is 11.8 Å². The van der Waals surface area contributed by atoms with Gasteiger partial charge in [0.1, 0.15) is 0 Å². The molecule has 17 heavy (non-hydrogen) atoms. The van der Waals surface area contributed by atoms with E-state index >= 15 is 0 Å². The van der Waals surface area contributed by atoms with Crippen molar-refractivity contribution in [2.24, 2.45) is 11.8 Å². The van der Waals surface area contributed by atoms with E-state index in [1.807, 2.05) is 11.8 Å². The third-order valence-corrected chi connectivity index (χ3v) is 5.44. The maximum atomic E-state index is 12.2. The van der Waals surface area contributed by atoms with Gasteiger partial charge in [0.05, 0.1) is 0 Å². The smallest absolute Gasteiger partial charge is 0.223 e. The fourth-order valence-corrected chi connectivity index (χ4v) is 3.67. The largest absolute Gasteiger partial charge is 0.352 e. The molecule has 1 heterocycles. The van der Waals surface area contributed by atoms with Crippen LogP contribution in [0.25, 0.3) is 0 Å². The molecule has 1 amide bonds. The maximum absolute atomic E-state index is 12.2. The van der Waals surface area contributed by atoms with Crippen LogP contribution in [0, 0.1) is 11.8 Å². The van der Waals surface area contributed by atoms with Gasteiger partial charge in [0, 0.05) is 17.2 Å². The molecule has 0 aromatic carbocycles. The van der Waals surface area contributed by atoms with Crippen LogP contribution in [0.2, 0.25) is 0 Å². The summed E-state index contributed by atoms with van der Waals surface area (Å²) in [6, 6.07) is 0.404. The Kier molecular flexibility index (Phi) is 4.74. The highest BCUT2D eigenvalue weighted by Gasteiger charge is 2.32. The molecule has 0 spiro atoms. The minimum Gasteiger partial charge on any atom is -0.352 e. The van der Waals surface area contributed by atoms with Gasteiger partial charge in [-0.15, -0.1) is 0 Å². The van der Waals surface area contributed by atoms with Crippen molar-refractivity contribution < 1.29 is 4.79 Å². The summed E-state index contributed by atoms with van der Waals surface area (Å²) in [4.78, 5) is 12.2. The van der Waals surface area contributed by atoms with Crippen LogP contribution in [-0.2, 0) is 4.79 Å². The predicted molar refractivity (Wildman–Crippen MR) is 73.2 cm³/mol. The first-order chi connectivity index (χ1) is 8.22. The zero-order valence-electron chi connectivity index (χ0n) is 10.9. The van der Waals surface area contributed by atoms with Crippen molar-refractivity contribution in [3.63, 3.8) is 0 Å². The topological polar surface area (TPSA) is 41.1 Å². The number of hydrogen-bond acceptors (Lipinski definition) is 3. The van der Waals surface area contributed by atoms with Crippen molar-refractivity contribution in [3.05, 3.63) is 0 Å². The van der Waals surface area contributed by atoms with Crippen LogP contribution in [0.5, 0.6) is 0 Å². The number of carbonyl (C=O) groups excluding carboxylic acids is 1. The first-order valence-corrected chi connectivity index (χ1v) is 8.05. The zero-order chi connectivity index (χ0) is 12.3.